The highest BCUT2D eigenvalue weighted by atomic mass is 32.2. The molecule has 124 valence electrons. The van der Waals surface area contributed by atoms with Gasteiger partial charge in [-0.3, -0.25) is 4.79 Å². The van der Waals surface area contributed by atoms with Crippen molar-refractivity contribution in [3.05, 3.63) is 35.6 Å². The number of amides is 1. The Hall–Kier alpha value is -1.43. The Balaban J connectivity index is 2.65. The third-order valence-corrected chi connectivity index (χ3v) is 4.27. The van der Waals surface area contributed by atoms with Crippen LogP contribution in [0.1, 0.15) is 38.2 Å². The van der Waals surface area contributed by atoms with E-state index < -0.39 is 9.84 Å². The molecule has 22 heavy (non-hydrogen) atoms. The zero-order valence-corrected chi connectivity index (χ0v) is 14.1. The first-order valence-corrected chi connectivity index (χ1v) is 9.43. The van der Waals surface area contributed by atoms with E-state index in [-0.39, 0.29) is 36.4 Å². The highest BCUT2D eigenvalue weighted by Gasteiger charge is 2.18. The van der Waals surface area contributed by atoms with Crippen molar-refractivity contribution in [2.75, 3.05) is 18.6 Å². The molecule has 0 aliphatic carbocycles. The van der Waals surface area contributed by atoms with Crippen LogP contribution in [0.4, 0.5) is 4.39 Å². The number of benzene rings is 1. The van der Waals surface area contributed by atoms with E-state index in [0.717, 1.165) is 18.2 Å². The Bertz CT molecular complexity index is 582. The van der Waals surface area contributed by atoms with Gasteiger partial charge in [-0.2, -0.15) is 0 Å². The Morgan fingerprint density at radius 3 is 2.32 bits per heavy atom. The first-order valence-electron chi connectivity index (χ1n) is 7.37. The van der Waals surface area contributed by atoms with Gasteiger partial charge in [-0.15, -0.1) is 0 Å². The van der Waals surface area contributed by atoms with Crippen molar-refractivity contribution in [1.82, 2.24) is 5.32 Å². The molecule has 1 N–H and O–H groups in total. The van der Waals surface area contributed by atoms with Gasteiger partial charge < -0.3 is 5.32 Å². The van der Waals surface area contributed by atoms with Crippen LogP contribution in [0.3, 0.4) is 0 Å². The maximum absolute atomic E-state index is 13.0. The summed E-state index contributed by atoms with van der Waals surface area (Å²) in [4.78, 5) is 12.0. The minimum absolute atomic E-state index is 0.00108. The van der Waals surface area contributed by atoms with E-state index in [9.17, 15) is 17.6 Å². The summed E-state index contributed by atoms with van der Waals surface area (Å²) in [6, 6.07) is 6.19. The molecule has 0 aliphatic rings. The highest BCUT2D eigenvalue weighted by Crippen LogP contribution is 2.27. The second kappa shape index (κ2) is 8.27. The lowest BCUT2D eigenvalue weighted by Crippen LogP contribution is -2.30. The zero-order chi connectivity index (χ0) is 16.8. The SMILES string of the molecule is CC(C)CC(CC(=O)NCCS(C)(=O)=O)c1ccc(F)cc1. The Labute approximate surface area is 132 Å². The van der Waals surface area contributed by atoms with Gasteiger partial charge in [0.05, 0.1) is 5.75 Å². The van der Waals surface area contributed by atoms with Crippen LogP contribution in [0.15, 0.2) is 24.3 Å². The minimum Gasteiger partial charge on any atom is -0.355 e. The van der Waals surface area contributed by atoms with Crippen molar-refractivity contribution >= 4 is 15.7 Å². The van der Waals surface area contributed by atoms with Gasteiger partial charge >= 0.3 is 0 Å². The molecule has 0 fully saturated rings. The minimum atomic E-state index is -3.08. The van der Waals surface area contributed by atoms with E-state index in [2.05, 4.69) is 19.2 Å². The number of hydrogen-bond acceptors (Lipinski definition) is 3. The van der Waals surface area contributed by atoms with E-state index in [1.54, 1.807) is 12.1 Å². The molecule has 1 amide bonds. The Morgan fingerprint density at radius 2 is 1.82 bits per heavy atom. The highest BCUT2D eigenvalue weighted by molar-refractivity contribution is 7.90. The van der Waals surface area contributed by atoms with Crippen molar-refractivity contribution in [2.24, 2.45) is 5.92 Å². The number of hydrogen-bond donors (Lipinski definition) is 1. The average molecular weight is 329 g/mol. The van der Waals surface area contributed by atoms with Gasteiger partial charge in [0, 0.05) is 19.2 Å². The average Bonchev–Trinajstić information content (AvgIpc) is 2.36. The molecule has 0 saturated heterocycles. The van der Waals surface area contributed by atoms with Gasteiger partial charge in [0.2, 0.25) is 5.91 Å². The van der Waals surface area contributed by atoms with Crippen LogP contribution in [-0.4, -0.2) is 32.9 Å². The Morgan fingerprint density at radius 1 is 1.23 bits per heavy atom. The summed E-state index contributed by atoms with van der Waals surface area (Å²) in [5.41, 5.74) is 0.924. The van der Waals surface area contributed by atoms with Crippen molar-refractivity contribution in [3.8, 4) is 0 Å². The van der Waals surface area contributed by atoms with E-state index in [1.165, 1.54) is 12.1 Å². The molecular weight excluding hydrogens is 305 g/mol. The number of sulfone groups is 1. The largest absolute Gasteiger partial charge is 0.355 e. The van der Waals surface area contributed by atoms with Crippen molar-refractivity contribution in [1.29, 1.82) is 0 Å². The van der Waals surface area contributed by atoms with Gasteiger partial charge in [0.25, 0.3) is 0 Å². The molecule has 0 spiro atoms. The van der Waals surface area contributed by atoms with Gasteiger partial charge in [0.1, 0.15) is 15.7 Å². The summed E-state index contributed by atoms with van der Waals surface area (Å²) in [5.74, 6) is -0.148. The fourth-order valence-corrected chi connectivity index (χ4v) is 2.79. The monoisotopic (exact) mass is 329 g/mol. The van der Waals surface area contributed by atoms with Gasteiger partial charge in [-0.05, 0) is 36.0 Å². The first-order chi connectivity index (χ1) is 10.2. The summed E-state index contributed by atoms with van der Waals surface area (Å²) in [6.07, 6.45) is 2.22. The molecule has 0 aliphatic heterocycles. The fourth-order valence-electron chi connectivity index (χ4n) is 2.31. The smallest absolute Gasteiger partial charge is 0.220 e. The second-order valence-corrected chi connectivity index (χ2v) is 8.32. The number of carbonyl (C=O) groups excluding carboxylic acids is 1. The van der Waals surface area contributed by atoms with Crippen molar-refractivity contribution < 1.29 is 17.6 Å². The second-order valence-electron chi connectivity index (χ2n) is 6.06. The molecular formula is C16H24FNO3S. The lowest BCUT2D eigenvalue weighted by Gasteiger charge is -2.19. The molecule has 1 rings (SSSR count). The van der Waals surface area contributed by atoms with Crippen LogP contribution < -0.4 is 5.32 Å². The quantitative estimate of drug-likeness (QED) is 0.797. The molecule has 1 unspecified atom stereocenters. The van der Waals surface area contributed by atoms with Gasteiger partial charge in [-0.1, -0.05) is 26.0 Å². The van der Waals surface area contributed by atoms with Gasteiger partial charge in [-0.25, -0.2) is 12.8 Å². The molecule has 0 heterocycles. The maximum Gasteiger partial charge on any atom is 0.220 e. The van der Waals surface area contributed by atoms with Crippen LogP contribution in [0.2, 0.25) is 0 Å². The lowest BCUT2D eigenvalue weighted by molar-refractivity contribution is -0.121. The molecule has 1 atom stereocenters. The summed E-state index contributed by atoms with van der Waals surface area (Å²) in [5, 5.41) is 2.63. The Kier molecular flexibility index (Phi) is 7.00. The van der Waals surface area contributed by atoms with Crippen LogP contribution in [-0.2, 0) is 14.6 Å². The van der Waals surface area contributed by atoms with E-state index in [4.69, 9.17) is 0 Å². The zero-order valence-electron chi connectivity index (χ0n) is 13.3. The third kappa shape index (κ3) is 7.54. The number of nitrogens with one attached hydrogen (secondary N) is 1. The van der Waals surface area contributed by atoms with Crippen LogP contribution >= 0.6 is 0 Å². The number of halogens is 1. The van der Waals surface area contributed by atoms with Gasteiger partial charge in [0.15, 0.2) is 0 Å². The fraction of sp³-hybridized carbons (Fsp3) is 0.562. The van der Waals surface area contributed by atoms with Crippen molar-refractivity contribution in [2.45, 2.75) is 32.6 Å². The summed E-state index contributed by atoms with van der Waals surface area (Å²) >= 11 is 0. The number of carbonyl (C=O) groups is 1. The molecule has 1 aromatic carbocycles. The normalized spacial score (nSPS) is 13.1. The molecule has 0 radical (unpaired) electrons. The van der Waals surface area contributed by atoms with E-state index >= 15 is 0 Å². The molecule has 4 nitrogen and oxygen atoms in total. The van der Waals surface area contributed by atoms with E-state index in [0.29, 0.717) is 5.92 Å². The summed E-state index contributed by atoms with van der Waals surface area (Å²) < 4.78 is 35.1. The predicted octanol–water partition coefficient (Wildman–Crippen LogP) is 2.51. The molecule has 0 bridgehead atoms. The maximum atomic E-state index is 13.0. The first kappa shape index (κ1) is 18.6. The predicted molar refractivity (Wildman–Crippen MR) is 85.9 cm³/mol. The molecule has 0 saturated carbocycles. The van der Waals surface area contributed by atoms with Crippen LogP contribution in [0.5, 0.6) is 0 Å². The van der Waals surface area contributed by atoms with Crippen molar-refractivity contribution in [3.63, 3.8) is 0 Å². The molecule has 6 heteroatoms. The topological polar surface area (TPSA) is 63.2 Å². The molecule has 1 aromatic rings. The molecule has 0 aromatic heterocycles. The standard InChI is InChI=1S/C16H24FNO3S/c1-12(2)10-14(13-4-6-15(17)7-5-13)11-16(19)18-8-9-22(3,20)21/h4-7,12,14H,8-11H2,1-3H3,(H,18,19). The summed E-state index contributed by atoms with van der Waals surface area (Å²) in [7, 11) is -3.08. The van der Waals surface area contributed by atoms with Crippen LogP contribution in [0.25, 0.3) is 0 Å². The lowest BCUT2D eigenvalue weighted by atomic mass is 9.87. The third-order valence-electron chi connectivity index (χ3n) is 3.32. The van der Waals surface area contributed by atoms with E-state index in [1.807, 2.05) is 0 Å². The summed E-state index contributed by atoms with van der Waals surface area (Å²) in [6.45, 7) is 4.26. The van der Waals surface area contributed by atoms with Crippen LogP contribution in [0, 0.1) is 11.7 Å². The number of rotatable bonds is 8.